The quantitative estimate of drug-likeness (QED) is 0.642. The third-order valence-corrected chi connectivity index (χ3v) is 6.99. The molecule has 31 heavy (non-hydrogen) atoms. The van der Waals surface area contributed by atoms with Crippen molar-refractivity contribution in [1.29, 1.82) is 0 Å². The smallest absolute Gasteiger partial charge is 0.266 e. The lowest BCUT2D eigenvalue weighted by Crippen LogP contribution is -2.42. The van der Waals surface area contributed by atoms with Gasteiger partial charge in [-0.25, -0.2) is 4.98 Å². The predicted octanol–water partition coefficient (Wildman–Crippen LogP) is 3.93. The van der Waals surface area contributed by atoms with Crippen LogP contribution in [-0.2, 0) is 11.3 Å². The van der Waals surface area contributed by atoms with Crippen LogP contribution in [0.25, 0.3) is 10.2 Å². The number of nitrogens with one attached hydrogen (secondary N) is 1. The Kier molecular flexibility index (Phi) is 6.11. The lowest BCUT2D eigenvalue weighted by atomic mass is 10.0. The first kappa shape index (κ1) is 21.5. The summed E-state index contributed by atoms with van der Waals surface area (Å²) in [6, 6.07) is 6.80. The molecule has 0 bridgehead atoms. The van der Waals surface area contributed by atoms with Gasteiger partial charge < -0.3 is 10.2 Å². The summed E-state index contributed by atoms with van der Waals surface area (Å²) >= 11 is 7.05. The molecule has 2 aromatic heterocycles. The van der Waals surface area contributed by atoms with Crippen LogP contribution in [-0.4, -0.2) is 39.4 Å². The van der Waals surface area contributed by atoms with Gasteiger partial charge in [0.15, 0.2) is 0 Å². The summed E-state index contributed by atoms with van der Waals surface area (Å²) in [6.07, 6.45) is 3.49. The predicted molar refractivity (Wildman–Crippen MR) is 123 cm³/mol. The van der Waals surface area contributed by atoms with E-state index >= 15 is 0 Å². The number of fused-ring (bicyclic) bond motifs is 1. The number of likely N-dealkylation sites (tertiary alicyclic amines) is 1. The number of nitrogens with zero attached hydrogens (tertiary/aromatic N) is 3. The standard InChI is InChI=1S/C22H23ClN4O3S/c1-13-4-3-9-26(10-13)17(28)11-27-12-24-21-18(22(27)30)14(2)19(31-21)20(29)25-16-7-5-15(23)6-8-16/h5-8,12-13H,3-4,9-11H2,1-2H3,(H,25,29). The Hall–Kier alpha value is -2.71. The average Bonchev–Trinajstić information content (AvgIpc) is 3.09. The molecule has 4 rings (SSSR count). The monoisotopic (exact) mass is 458 g/mol. The van der Waals surface area contributed by atoms with Crippen LogP contribution in [0, 0.1) is 12.8 Å². The lowest BCUT2D eigenvalue weighted by Gasteiger charge is -2.31. The summed E-state index contributed by atoms with van der Waals surface area (Å²) in [5.41, 5.74) is 0.873. The van der Waals surface area contributed by atoms with Crippen LogP contribution in [0.2, 0.25) is 5.02 Å². The molecule has 3 heterocycles. The number of aryl methyl sites for hydroxylation is 1. The molecule has 0 saturated carbocycles. The molecule has 1 N–H and O–H groups in total. The average molecular weight is 459 g/mol. The number of piperidine rings is 1. The minimum atomic E-state index is -0.313. The summed E-state index contributed by atoms with van der Waals surface area (Å²) < 4.78 is 1.34. The summed E-state index contributed by atoms with van der Waals surface area (Å²) in [5.74, 6) is 0.0754. The van der Waals surface area contributed by atoms with Crippen molar-refractivity contribution in [3.8, 4) is 0 Å². The molecule has 1 atom stereocenters. The van der Waals surface area contributed by atoms with Gasteiger partial charge in [-0.3, -0.25) is 19.0 Å². The molecular weight excluding hydrogens is 436 g/mol. The number of halogens is 1. The Balaban J connectivity index is 1.58. The number of carbonyl (C=O) groups excluding carboxylic acids is 2. The fourth-order valence-electron chi connectivity index (χ4n) is 3.87. The molecule has 2 amide bonds. The highest BCUT2D eigenvalue weighted by Crippen LogP contribution is 2.28. The number of thiophene rings is 1. The van der Waals surface area contributed by atoms with Crippen LogP contribution in [0.4, 0.5) is 5.69 Å². The van der Waals surface area contributed by atoms with E-state index in [1.54, 1.807) is 31.2 Å². The molecule has 1 aliphatic heterocycles. The van der Waals surface area contributed by atoms with E-state index in [0.717, 1.165) is 25.9 Å². The molecule has 1 saturated heterocycles. The maximum atomic E-state index is 13.1. The molecule has 162 valence electrons. The second kappa shape index (κ2) is 8.80. The fraction of sp³-hybridized carbons (Fsp3) is 0.364. The van der Waals surface area contributed by atoms with E-state index < -0.39 is 0 Å². The SMILES string of the molecule is Cc1c(C(=O)Nc2ccc(Cl)cc2)sc2ncn(CC(=O)N3CCCC(C)C3)c(=O)c12. The van der Waals surface area contributed by atoms with Crippen LogP contribution in [0.15, 0.2) is 35.4 Å². The largest absolute Gasteiger partial charge is 0.341 e. The topological polar surface area (TPSA) is 84.3 Å². The van der Waals surface area contributed by atoms with Crippen LogP contribution in [0.3, 0.4) is 0 Å². The summed E-state index contributed by atoms with van der Waals surface area (Å²) in [5, 5.41) is 3.78. The third-order valence-electron chi connectivity index (χ3n) is 5.54. The number of rotatable bonds is 4. The van der Waals surface area contributed by atoms with Crippen molar-refractivity contribution in [3.63, 3.8) is 0 Å². The maximum absolute atomic E-state index is 13.1. The van der Waals surface area contributed by atoms with Crippen molar-refractivity contribution >= 4 is 50.7 Å². The molecular formula is C22H23ClN4O3S. The van der Waals surface area contributed by atoms with Crippen molar-refractivity contribution in [2.75, 3.05) is 18.4 Å². The van der Waals surface area contributed by atoms with E-state index in [2.05, 4.69) is 17.2 Å². The highest BCUT2D eigenvalue weighted by atomic mass is 35.5. The number of hydrogen-bond acceptors (Lipinski definition) is 5. The van der Waals surface area contributed by atoms with Crippen molar-refractivity contribution in [2.45, 2.75) is 33.2 Å². The summed E-state index contributed by atoms with van der Waals surface area (Å²) in [4.78, 5) is 45.6. The summed E-state index contributed by atoms with van der Waals surface area (Å²) in [7, 11) is 0. The zero-order valence-electron chi connectivity index (χ0n) is 17.4. The van der Waals surface area contributed by atoms with E-state index in [9.17, 15) is 14.4 Å². The van der Waals surface area contributed by atoms with Crippen LogP contribution < -0.4 is 10.9 Å². The van der Waals surface area contributed by atoms with E-state index in [1.165, 1.54) is 22.2 Å². The second-order valence-electron chi connectivity index (χ2n) is 7.96. The number of carbonyl (C=O) groups is 2. The Bertz CT molecular complexity index is 1200. The van der Waals surface area contributed by atoms with E-state index in [0.29, 0.717) is 37.3 Å². The molecule has 1 aromatic carbocycles. The number of anilines is 1. The van der Waals surface area contributed by atoms with Gasteiger partial charge in [-0.1, -0.05) is 18.5 Å². The van der Waals surface area contributed by atoms with Gasteiger partial charge in [-0.15, -0.1) is 11.3 Å². The first-order valence-corrected chi connectivity index (χ1v) is 11.4. The Labute approximate surface area is 188 Å². The zero-order chi connectivity index (χ0) is 22.1. The van der Waals surface area contributed by atoms with Gasteiger partial charge in [0.2, 0.25) is 5.91 Å². The molecule has 1 aliphatic rings. The minimum Gasteiger partial charge on any atom is -0.341 e. The molecule has 0 radical (unpaired) electrons. The third kappa shape index (κ3) is 4.50. The maximum Gasteiger partial charge on any atom is 0.266 e. The Morgan fingerprint density at radius 1 is 1.29 bits per heavy atom. The fourth-order valence-corrected chi connectivity index (χ4v) is 5.03. The second-order valence-corrected chi connectivity index (χ2v) is 9.40. The molecule has 0 aliphatic carbocycles. The van der Waals surface area contributed by atoms with Crippen molar-refractivity contribution in [3.05, 3.63) is 56.4 Å². The number of hydrogen-bond donors (Lipinski definition) is 1. The highest BCUT2D eigenvalue weighted by molar-refractivity contribution is 7.20. The van der Waals surface area contributed by atoms with Gasteiger partial charge in [0, 0.05) is 23.8 Å². The van der Waals surface area contributed by atoms with Gasteiger partial charge in [-0.2, -0.15) is 0 Å². The van der Waals surface area contributed by atoms with Gasteiger partial charge in [-0.05, 0) is 55.5 Å². The van der Waals surface area contributed by atoms with Gasteiger partial charge >= 0.3 is 0 Å². The van der Waals surface area contributed by atoms with Gasteiger partial charge in [0.1, 0.15) is 11.4 Å². The summed E-state index contributed by atoms with van der Waals surface area (Å²) in [6.45, 7) is 5.26. The molecule has 1 unspecified atom stereocenters. The van der Waals surface area contributed by atoms with Gasteiger partial charge in [0.05, 0.1) is 16.6 Å². The van der Waals surface area contributed by atoms with Crippen molar-refractivity contribution < 1.29 is 9.59 Å². The number of aromatic nitrogens is 2. The van der Waals surface area contributed by atoms with Gasteiger partial charge in [0.25, 0.3) is 11.5 Å². The van der Waals surface area contributed by atoms with Crippen LogP contribution >= 0.6 is 22.9 Å². The minimum absolute atomic E-state index is 0.0456. The van der Waals surface area contributed by atoms with E-state index in [1.807, 2.05) is 4.90 Å². The highest BCUT2D eigenvalue weighted by Gasteiger charge is 2.23. The first-order valence-electron chi connectivity index (χ1n) is 10.2. The lowest BCUT2D eigenvalue weighted by molar-refractivity contribution is -0.133. The molecule has 7 nitrogen and oxygen atoms in total. The first-order chi connectivity index (χ1) is 14.8. The van der Waals surface area contributed by atoms with Crippen LogP contribution in [0.1, 0.15) is 35.0 Å². The van der Waals surface area contributed by atoms with E-state index in [-0.39, 0.29) is 23.9 Å². The molecule has 9 heteroatoms. The molecule has 3 aromatic rings. The molecule has 0 spiro atoms. The number of benzene rings is 1. The Morgan fingerprint density at radius 2 is 2.03 bits per heavy atom. The van der Waals surface area contributed by atoms with Crippen molar-refractivity contribution in [1.82, 2.24) is 14.5 Å². The number of amides is 2. The molecule has 1 fully saturated rings. The van der Waals surface area contributed by atoms with Crippen molar-refractivity contribution in [2.24, 2.45) is 5.92 Å². The normalized spacial score (nSPS) is 16.5. The van der Waals surface area contributed by atoms with Crippen LogP contribution in [0.5, 0.6) is 0 Å². The Morgan fingerprint density at radius 3 is 2.74 bits per heavy atom. The zero-order valence-corrected chi connectivity index (χ0v) is 18.9. The van der Waals surface area contributed by atoms with E-state index in [4.69, 9.17) is 11.6 Å².